The van der Waals surface area contributed by atoms with Gasteiger partial charge in [0.15, 0.2) is 5.82 Å². The number of nitrogens with zero attached hydrogens (tertiary/aromatic N) is 7. The van der Waals surface area contributed by atoms with Gasteiger partial charge in [-0.1, -0.05) is 13.8 Å². The number of hydrogen-bond acceptors (Lipinski definition) is 7. The molecule has 0 saturated carbocycles. The molecule has 4 aromatic rings. The summed E-state index contributed by atoms with van der Waals surface area (Å²) in [5, 5.41) is 16.1. The number of fused-ring (bicyclic) bond motifs is 1. The van der Waals surface area contributed by atoms with Gasteiger partial charge >= 0.3 is 0 Å². The number of pyridine rings is 2. The molecule has 0 amide bonds. The smallest absolute Gasteiger partial charge is 0.154 e. The number of likely N-dealkylation sites (tertiary alicyclic amines) is 1. The van der Waals surface area contributed by atoms with Crippen molar-refractivity contribution in [2.24, 2.45) is 0 Å². The van der Waals surface area contributed by atoms with Gasteiger partial charge in [-0.15, -0.1) is 5.10 Å². The quantitative estimate of drug-likeness (QED) is 0.528. The van der Waals surface area contributed by atoms with E-state index in [1.54, 1.807) is 6.20 Å². The second-order valence-electron chi connectivity index (χ2n) is 8.53. The van der Waals surface area contributed by atoms with E-state index in [9.17, 15) is 0 Å². The van der Waals surface area contributed by atoms with Crippen LogP contribution in [0.1, 0.15) is 37.8 Å². The first kappa shape index (κ1) is 19.6. The van der Waals surface area contributed by atoms with E-state index in [1.165, 1.54) is 0 Å². The molecule has 0 bridgehead atoms. The van der Waals surface area contributed by atoms with E-state index in [0.717, 1.165) is 47.2 Å². The lowest BCUT2D eigenvalue weighted by Crippen LogP contribution is -2.16. The van der Waals surface area contributed by atoms with Gasteiger partial charge in [-0.2, -0.15) is 10.2 Å². The number of aromatic nitrogens is 6. The molecule has 0 radical (unpaired) electrons. The van der Waals surface area contributed by atoms with Crippen molar-refractivity contribution in [3.05, 3.63) is 54.6 Å². The third kappa shape index (κ3) is 4.11. The Morgan fingerprint density at radius 2 is 1.94 bits per heavy atom. The predicted octanol–water partition coefficient (Wildman–Crippen LogP) is 4.03. The van der Waals surface area contributed by atoms with Crippen LogP contribution in [0, 0.1) is 0 Å². The maximum absolute atomic E-state index is 4.75. The molecule has 4 aromatic heterocycles. The fourth-order valence-electron chi connectivity index (χ4n) is 3.94. The van der Waals surface area contributed by atoms with Gasteiger partial charge < -0.3 is 10.2 Å². The van der Waals surface area contributed by atoms with Crippen LogP contribution < -0.4 is 5.32 Å². The molecule has 31 heavy (non-hydrogen) atoms. The van der Waals surface area contributed by atoms with Crippen LogP contribution >= 0.6 is 0 Å². The Bertz CT molecular complexity index is 1220. The first-order chi connectivity index (χ1) is 15.0. The summed E-state index contributed by atoms with van der Waals surface area (Å²) in [6.45, 7) is 6.42. The third-order valence-corrected chi connectivity index (χ3v) is 5.81. The van der Waals surface area contributed by atoms with Crippen molar-refractivity contribution in [3.8, 4) is 11.1 Å². The Labute approximate surface area is 181 Å². The molecule has 8 heteroatoms. The molecule has 0 unspecified atom stereocenters. The maximum atomic E-state index is 4.75. The molecule has 5 heterocycles. The molecule has 1 atom stereocenters. The Hall–Kier alpha value is -3.39. The number of rotatable bonds is 5. The minimum absolute atomic E-state index is 0.387. The number of nitrogens with one attached hydrogen (secondary N) is 1. The highest BCUT2D eigenvalue weighted by atomic mass is 15.3. The van der Waals surface area contributed by atoms with Crippen molar-refractivity contribution in [2.45, 2.75) is 32.2 Å². The Morgan fingerprint density at radius 3 is 2.74 bits per heavy atom. The topological polar surface area (TPSA) is 84.7 Å². The Kier molecular flexibility index (Phi) is 5.07. The summed E-state index contributed by atoms with van der Waals surface area (Å²) >= 11 is 0. The van der Waals surface area contributed by atoms with Crippen LogP contribution in [0.4, 0.5) is 11.6 Å². The third-order valence-electron chi connectivity index (χ3n) is 5.81. The second-order valence-corrected chi connectivity index (χ2v) is 8.53. The normalized spacial score (nSPS) is 17.0. The van der Waals surface area contributed by atoms with E-state index in [-0.39, 0.29) is 0 Å². The van der Waals surface area contributed by atoms with Crippen molar-refractivity contribution < 1.29 is 0 Å². The highest BCUT2D eigenvalue weighted by Gasteiger charge is 2.21. The zero-order chi connectivity index (χ0) is 21.4. The fourth-order valence-corrected chi connectivity index (χ4v) is 3.94. The van der Waals surface area contributed by atoms with E-state index in [4.69, 9.17) is 4.98 Å². The van der Waals surface area contributed by atoms with Crippen molar-refractivity contribution in [1.82, 2.24) is 34.8 Å². The van der Waals surface area contributed by atoms with E-state index in [0.29, 0.717) is 23.6 Å². The standard InChI is InChI=1S/C23H26N8/c1-15(2)16-9-23(29-25-11-16)28-22-5-4-20-21(27-22)8-17(10-24-20)18-12-26-31(13-18)19-6-7-30(3)14-19/h4-5,8-13,15,19H,6-7,14H2,1-3H3,(H,27,28,29)/t19-/m0/s1. The van der Waals surface area contributed by atoms with Gasteiger partial charge in [0.1, 0.15) is 5.82 Å². The number of hydrogen-bond donors (Lipinski definition) is 1. The van der Waals surface area contributed by atoms with Crippen molar-refractivity contribution in [3.63, 3.8) is 0 Å². The van der Waals surface area contributed by atoms with E-state index >= 15 is 0 Å². The molecule has 5 rings (SSSR count). The van der Waals surface area contributed by atoms with Crippen LogP contribution in [0.3, 0.4) is 0 Å². The van der Waals surface area contributed by atoms with Gasteiger partial charge in [-0.3, -0.25) is 9.67 Å². The van der Waals surface area contributed by atoms with E-state index in [2.05, 4.69) is 68.3 Å². The molecule has 0 aliphatic carbocycles. The summed E-state index contributed by atoms with van der Waals surface area (Å²) in [4.78, 5) is 11.7. The lowest BCUT2D eigenvalue weighted by Gasteiger charge is -2.10. The van der Waals surface area contributed by atoms with Crippen LogP contribution in [-0.4, -0.2) is 55.0 Å². The fraction of sp³-hybridized carbons (Fsp3) is 0.348. The summed E-state index contributed by atoms with van der Waals surface area (Å²) in [5.41, 5.74) is 4.87. The summed E-state index contributed by atoms with van der Waals surface area (Å²) in [5.74, 6) is 1.79. The van der Waals surface area contributed by atoms with Crippen LogP contribution in [0.25, 0.3) is 22.2 Å². The average molecular weight is 415 g/mol. The summed E-state index contributed by atoms with van der Waals surface area (Å²) < 4.78 is 2.08. The molecule has 1 N–H and O–H groups in total. The van der Waals surface area contributed by atoms with Crippen LogP contribution in [-0.2, 0) is 0 Å². The maximum Gasteiger partial charge on any atom is 0.154 e. The van der Waals surface area contributed by atoms with Gasteiger partial charge in [0.25, 0.3) is 0 Å². The predicted molar refractivity (Wildman–Crippen MR) is 121 cm³/mol. The average Bonchev–Trinajstić information content (AvgIpc) is 3.42. The Balaban J connectivity index is 1.41. The van der Waals surface area contributed by atoms with Crippen molar-refractivity contribution in [1.29, 1.82) is 0 Å². The molecule has 1 saturated heterocycles. The number of anilines is 2. The summed E-state index contributed by atoms with van der Waals surface area (Å²) in [6, 6.07) is 8.38. The SMILES string of the molecule is CC(C)c1cnnc(Nc2ccc3ncc(-c4cnn([C@H]5CCN(C)C5)c4)cc3n2)c1. The molecular formula is C23H26N8. The molecule has 1 aliphatic heterocycles. The zero-order valence-electron chi connectivity index (χ0n) is 18.0. The largest absolute Gasteiger partial charge is 0.323 e. The highest BCUT2D eigenvalue weighted by Crippen LogP contribution is 2.26. The van der Waals surface area contributed by atoms with E-state index < -0.39 is 0 Å². The van der Waals surface area contributed by atoms with Crippen LogP contribution in [0.15, 0.2) is 49.1 Å². The monoisotopic (exact) mass is 414 g/mol. The Morgan fingerprint density at radius 1 is 1.03 bits per heavy atom. The summed E-state index contributed by atoms with van der Waals surface area (Å²) in [7, 11) is 2.15. The van der Waals surface area contributed by atoms with Gasteiger partial charge in [0, 0.05) is 30.1 Å². The van der Waals surface area contributed by atoms with Gasteiger partial charge in [0.2, 0.25) is 0 Å². The van der Waals surface area contributed by atoms with Crippen molar-refractivity contribution in [2.75, 3.05) is 25.5 Å². The molecule has 0 spiro atoms. The summed E-state index contributed by atoms with van der Waals surface area (Å²) in [6.07, 6.45) is 8.84. The zero-order valence-corrected chi connectivity index (χ0v) is 18.0. The molecule has 1 fully saturated rings. The first-order valence-corrected chi connectivity index (χ1v) is 10.6. The van der Waals surface area contributed by atoms with Gasteiger partial charge in [0.05, 0.1) is 29.5 Å². The molecule has 1 aliphatic rings. The van der Waals surface area contributed by atoms with Crippen LogP contribution in [0.5, 0.6) is 0 Å². The molecular weight excluding hydrogens is 388 g/mol. The minimum Gasteiger partial charge on any atom is -0.323 e. The minimum atomic E-state index is 0.387. The first-order valence-electron chi connectivity index (χ1n) is 10.6. The molecule has 158 valence electrons. The van der Waals surface area contributed by atoms with Crippen molar-refractivity contribution >= 4 is 22.7 Å². The van der Waals surface area contributed by atoms with E-state index in [1.807, 2.05) is 30.6 Å². The van der Waals surface area contributed by atoms with Gasteiger partial charge in [-0.25, -0.2) is 4.98 Å². The number of likely N-dealkylation sites (N-methyl/N-ethyl adjacent to an activating group) is 1. The second kappa shape index (κ2) is 8.03. The molecule has 8 nitrogen and oxygen atoms in total. The van der Waals surface area contributed by atoms with Crippen LogP contribution in [0.2, 0.25) is 0 Å². The molecule has 0 aromatic carbocycles. The highest BCUT2D eigenvalue weighted by molar-refractivity contribution is 5.81. The van der Waals surface area contributed by atoms with Gasteiger partial charge in [-0.05, 0) is 55.8 Å². The lowest BCUT2D eigenvalue weighted by molar-refractivity contribution is 0.382. The lowest BCUT2D eigenvalue weighted by atomic mass is 10.1.